The maximum Gasteiger partial charge on any atom is 0.161 e. The van der Waals surface area contributed by atoms with Gasteiger partial charge in [-0.2, -0.15) is 0 Å². The van der Waals surface area contributed by atoms with Crippen LogP contribution in [-0.4, -0.2) is 58.1 Å². The third kappa shape index (κ3) is 6.42. The molecule has 0 unspecified atom stereocenters. The molecule has 6 nitrogen and oxygen atoms in total. The summed E-state index contributed by atoms with van der Waals surface area (Å²) in [5, 5.41) is 39.7. The number of aliphatic hydroxyl groups excluding tert-OH is 4. The predicted molar refractivity (Wildman–Crippen MR) is 107 cm³/mol. The van der Waals surface area contributed by atoms with Crippen molar-refractivity contribution in [2.24, 2.45) is 0 Å². The largest absolute Gasteiger partial charge is 0.493 e. The molecule has 1 radical (unpaired) electrons. The van der Waals surface area contributed by atoms with Crippen LogP contribution in [0, 0.1) is 6.10 Å². The SMILES string of the molecule is CCCCCCCCCCOc1ccccc1[C]1O[C@H](CO)[C@@H](O)[C@H](O)[C@H]1O. The molecule has 159 valence electrons. The zero-order valence-electron chi connectivity index (χ0n) is 16.8. The Bertz CT molecular complexity index is 550. The molecule has 1 aliphatic heterocycles. The van der Waals surface area contributed by atoms with Gasteiger partial charge in [-0.25, -0.2) is 0 Å². The monoisotopic (exact) mass is 395 g/mol. The van der Waals surface area contributed by atoms with Crippen LogP contribution in [0.1, 0.15) is 63.9 Å². The summed E-state index contributed by atoms with van der Waals surface area (Å²) in [5.41, 5.74) is 0.527. The van der Waals surface area contributed by atoms with Crippen LogP contribution in [0.3, 0.4) is 0 Å². The molecule has 4 N–H and O–H groups in total. The second-order valence-corrected chi connectivity index (χ2v) is 7.45. The van der Waals surface area contributed by atoms with E-state index >= 15 is 0 Å². The predicted octanol–water partition coefficient (Wildman–Crippen LogP) is 2.56. The summed E-state index contributed by atoms with van der Waals surface area (Å²) in [6, 6.07) is 7.14. The van der Waals surface area contributed by atoms with Gasteiger partial charge in [-0.1, -0.05) is 70.1 Å². The van der Waals surface area contributed by atoms with E-state index in [0.717, 1.165) is 12.8 Å². The van der Waals surface area contributed by atoms with Crippen LogP contribution in [-0.2, 0) is 4.74 Å². The number of rotatable bonds is 12. The van der Waals surface area contributed by atoms with Gasteiger partial charge in [0.1, 0.15) is 30.2 Å². The van der Waals surface area contributed by atoms with Gasteiger partial charge in [0.15, 0.2) is 6.10 Å². The molecule has 0 aliphatic carbocycles. The highest BCUT2D eigenvalue weighted by molar-refractivity contribution is 5.43. The first kappa shape index (κ1) is 23.1. The molecule has 1 aliphatic rings. The number of hydrogen-bond donors (Lipinski definition) is 4. The second kappa shape index (κ2) is 12.4. The Morgan fingerprint density at radius 1 is 0.893 bits per heavy atom. The molecule has 1 fully saturated rings. The molecular weight excluding hydrogens is 360 g/mol. The quantitative estimate of drug-likeness (QED) is 0.406. The lowest BCUT2D eigenvalue weighted by Crippen LogP contribution is -2.55. The highest BCUT2D eigenvalue weighted by Crippen LogP contribution is 2.36. The molecule has 6 heteroatoms. The number of ether oxygens (including phenoxy) is 2. The lowest BCUT2D eigenvalue weighted by molar-refractivity contribution is -0.184. The molecule has 0 aromatic heterocycles. The molecule has 1 aromatic rings. The van der Waals surface area contributed by atoms with Crippen LogP contribution >= 0.6 is 0 Å². The van der Waals surface area contributed by atoms with Gasteiger partial charge in [-0.3, -0.25) is 0 Å². The molecule has 1 aromatic carbocycles. The van der Waals surface area contributed by atoms with Crippen molar-refractivity contribution in [2.75, 3.05) is 13.2 Å². The third-order valence-electron chi connectivity index (χ3n) is 5.19. The number of hydrogen-bond acceptors (Lipinski definition) is 6. The van der Waals surface area contributed by atoms with Gasteiger partial charge in [0.25, 0.3) is 0 Å². The molecule has 1 saturated heterocycles. The van der Waals surface area contributed by atoms with E-state index < -0.39 is 31.0 Å². The molecule has 0 saturated carbocycles. The van der Waals surface area contributed by atoms with Crippen molar-refractivity contribution < 1.29 is 29.9 Å². The van der Waals surface area contributed by atoms with E-state index in [1.54, 1.807) is 18.2 Å². The fourth-order valence-corrected chi connectivity index (χ4v) is 3.45. The van der Waals surface area contributed by atoms with Gasteiger partial charge in [-0.15, -0.1) is 0 Å². The Hall–Kier alpha value is -1.18. The van der Waals surface area contributed by atoms with Crippen LogP contribution in [0.25, 0.3) is 0 Å². The van der Waals surface area contributed by atoms with Crippen LogP contribution in [0.2, 0.25) is 0 Å². The normalized spacial score (nSPS) is 25.8. The first-order chi connectivity index (χ1) is 13.6. The van der Waals surface area contributed by atoms with Crippen molar-refractivity contribution in [3.05, 3.63) is 35.9 Å². The van der Waals surface area contributed by atoms with E-state index in [0.29, 0.717) is 17.9 Å². The topological polar surface area (TPSA) is 99.4 Å². The Morgan fingerprint density at radius 3 is 2.21 bits per heavy atom. The molecule has 0 spiro atoms. The summed E-state index contributed by atoms with van der Waals surface area (Å²) in [7, 11) is 0. The maximum atomic E-state index is 10.3. The van der Waals surface area contributed by atoms with E-state index in [2.05, 4.69) is 6.92 Å². The molecule has 4 atom stereocenters. The minimum atomic E-state index is -1.43. The first-order valence-corrected chi connectivity index (χ1v) is 10.5. The molecule has 0 bridgehead atoms. The zero-order valence-corrected chi connectivity index (χ0v) is 16.8. The van der Waals surface area contributed by atoms with E-state index in [9.17, 15) is 20.4 Å². The summed E-state index contributed by atoms with van der Waals surface area (Å²) in [6.45, 7) is 2.32. The first-order valence-electron chi connectivity index (χ1n) is 10.5. The van der Waals surface area contributed by atoms with Gasteiger partial charge in [0.2, 0.25) is 0 Å². The molecule has 1 heterocycles. The highest BCUT2D eigenvalue weighted by atomic mass is 16.5. The van der Waals surface area contributed by atoms with E-state index in [4.69, 9.17) is 9.47 Å². The Balaban J connectivity index is 1.85. The van der Waals surface area contributed by atoms with Gasteiger partial charge in [0, 0.05) is 5.56 Å². The van der Waals surface area contributed by atoms with Gasteiger partial charge in [-0.05, 0) is 12.5 Å². The average molecular weight is 396 g/mol. The number of benzene rings is 1. The number of aliphatic hydroxyl groups is 4. The smallest absolute Gasteiger partial charge is 0.161 e. The Kier molecular flexibility index (Phi) is 10.2. The van der Waals surface area contributed by atoms with E-state index in [1.165, 1.54) is 38.5 Å². The van der Waals surface area contributed by atoms with Crippen LogP contribution < -0.4 is 4.74 Å². The lowest BCUT2D eigenvalue weighted by atomic mass is 9.91. The van der Waals surface area contributed by atoms with Crippen molar-refractivity contribution in [2.45, 2.75) is 82.7 Å². The molecular formula is C22H35O6. The molecule has 0 amide bonds. The third-order valence-corrected chi connectivity index (χ3v) is 5.19. The van der Waals surface area contributed by atoms with Gasteiger partial charge >= 0.3 is 0 Å². The van der Waals surface area contributed by atoms with Gasteiger partial charge in [0.05, 0.1) is 13.2 Å². The minimum absolute atomic E-state index is 0.114. The summed E-state index contributed by atoms with van der Waals surface area (Å²) in [6.07, 6.45) is 4.67. The van der Waals surface area contributed by atoms with Gasteiger partial charge < -0.3 is 29.9 Å². The van der Waals surface area contributed by atoms with E-state index in [1.807, 2.05) is 6.07 Å². The van der Waals surface area contributed by atoms with Crippen molar-refractivity contribution in [1.82, 2.24) is 0 Å². The van der Waals surface area contributed by atoms with Crippen LogP contribution in [0.5, 0.6) is 5.75 Å². The van der Waals surface area contributed by atoms with Crippen LogP contribution in [0.15, 0.2) is 24.3 Å². The van der Waals surface area contributed by atoms with Crippen molar-refractivity contribution in [3.8, 4) is 5.75 Å². The molecule has 28 heavy (non-hydrogen) atoms. The van der Waals surface area contributed by atoms with Crippen molar-refractivity contribution >= 4 is 0 Å². The molecule has 2 rings (SSSR count). The van der Waals surface area contributed by atoms with E-state index in [-0.39, 0.29) is 6.10 Å². The summed E-state index contributed by atoms with van der Waals surface area (Å²) in [5.74, 6) is 0.555. The fraction of sp³-hybridized carbons (Fsp3) is 0.682. The second-order valence-electron chi connectivity index (χ2n) is 7.45. The summed E-state index contributed by atoms with van der Waals surface area (Å²) >= 11 is 0. The van der Waals surface area contributed by atoms with Crippen molar-refractivity contribution in [1.29, 1.82) is 0 Å². The minimum Gasteiger partial charge on any atom is -0.493 e. The number of para-hydroxylation sites is 1. The summed E-state index contributed by atoms with van der Waals surface area (Å²) in [4.78, 5) is 0. The number of unbranched alkanes of at least 4 members (excludes halogenated alkanes) is 7. The van der Waals surface area contributed by atoms with Crippen LogP contribution in [0.4, 0.5) is 0 Å². The zero-order chi connectivity index (χ0) is 20.4. The highest BCUT2D eigenvalue weighted by Gasteiger charge is 2.45. The average Bonchev–Trinajstić information content (AvgIpc) is 2.71. The lowest BCUT2D eigenvalue weighted by Gasteiger charge is -2.39. The Labute approximate surface area is 168 Å². The Morgan fingerprint density at radius 2 is 1.54 bits per heavy atom. The van der Waals surface area contributed by atoms with Crippen molar-refractivity contribution in [3.63, 3.8) is 0 Å². The maximum absolute atomic E-state index is 10.3. The standard InChI is InChI=1S/C22H35O6/c1-2-3-4-5-6-7-8-11-14-27-17-13-10-9-12-16(17)22-21(26)20(25)19(24)18(15-23)28-22/h9-10,12-13,18-21,23-26H,2-8,11,14-15H2,1H3/t18-,19-,20+,21-/m1/s1. The summed E-state index contributed by atoms with van der Waals surface area (Å²) < 4.78 is 11.5. The fourth-order valence-electron chi connectivity index (χ4n) is 3.45.